The summed E-state index contributed by atoms with van der Waals surface area (Å²) in [5.41, 5.74) is 0.962. The highest BCUT2D eigenvalue weighted by Crippen LogP contribution is 2.22. The predicted molar refractivity (Wildman–Crippen MR) is 109 cm³/mol. The van der Waals surface area contributed by atoms with Crippen molar-refractivity contribution in [3.63, 3.8) is 0 Å². The molecule has 31 heavy (non-hydrogen) atoms. The largest absolute Gasteiger partial charge is 0.497 e. The Morgan fingerprint density at radius 3 is 2.55 bits per heavy atom. The van der Waals surface area contributed by atoms with Gasteiger partial charge in [-0.25, -0.2) is 27.6 Å². The van der Waals surface area contributed by atoms with Gasteiger partial charge in [-0.1, -0.05) is 0 Å². The van der Waals surface area contributed by atoms with E-state index in [9.17, 15) is 18.4 Å². The number of hydrogen-bond acceptors (Lipinski definition) is 5. The topological polar surface area (TPSA) is 90.5 Å². The van der Waals surface area contributed by atoms with E-state index in [1.807, 2.05) is 12.1 Å². The highest BCUT2D eigenvalue weighted by atomic mass is 19.1. The Morgan fingerprint density at radius 2 is 1.87 bits per heavy atom. The van der Waals surface area contributed by atoms with Crippen LogP contribution in [0.5, 0.6) is 5.75 Å². The van der Waals surface area contributed by atoms with Gasteiger partial charge >= 0.3 is 5.69 Å². The first-order chi connectivity index (χ1) is 14.9. The molecule has 0 bridgehead atoms. The number of benzene rings is 2. The molecule has 1 N–H and O–H groups in total. The summed E-state index contributed by atoms with van der Waals surface area (Å²) in [6.45, 7) is 1.20. The van der Waals surface area contributed by atoms with E-state index in [2.05, 4.69) is 15.4 Å². The maximum atomic E-state index is 13.7. The van der Waals surface area contributed by atoms with Gasteiger partial charge in [0, 0.05) is 17.7 Å². The van der Waals surface area contributed by atoms with Gasteiger partial charge in [-0.15, -0.1) is 5.10 Å². The van der Waals surface area contributed by atoms with Crippen LogP contribution in [0.4, 0.5) is 14.5 Å². The Morgan fingerprint density at radius 1 is 1.13 bits per heavy atom. The second kappa shape index (κ2) is 7.98. The highest BCUT2D eigenvalue weighted by Gasteiger charge is 2.16. The van der Waals surface area contributed by atoms with E-state index in [4.69, 9.17) is 4.74 Å². The Balaban J connectivity index is 1.63. The van der Waals surface area contributed by atoms with Crippen molar-refractivity contribution in [3.05, 3.63) is 76.5 Å². The number of halogens is 2. The number of fused-ring (bicyclic) bond motifs is 1. The van der Waals surface area contributed by atoms with Crippen LogP contribution in [0, 0.1) is 18.6 Å². The number of rotatable bonds is 5. The molecule has 2 aromatic heterocycles. The van der Waals surface area contributed by atoms with Crippen LogP contribution in [0.15, 0.2) is 53.3 Å². The van der Waals surface area contributed by atoms with Gasteiger partial charge in [-0.05, 0) is 43.3 Å². The maximum absolute atomic E-state index is 13.7. The number of nitrogens with zero attached hydrogens (tertiary/aromatic N) is 4. The van der Waals surface area contributed by atoms with Gasteiger partial charge in [-0.2, -0.15) is 0 Å². The minimum atomic E-state index is -0.917. The smallest absolute Gasteiger partial charge is 0.352 e. The number of aromatic nitrogens is 4. The van der Waals surface area contributed by atoms with Gasteiger partial charge in [-0.3, -0.25) is 4.79 Å². The minimum absolute atomic E-state index is 0.192. The molecule has 0 aliphatic carbocycles. The zero-order valence-electron chi connectivity index (χ0n) is 16.6. The summed E-state index contributed by atoms with van der Waals surface area (Å²) < 4.78 is 34.1. The molecule has 8 nitrogen and oxygen atoms in total. The molecule has 0 aliphatic heterocycles. The fourth-order valence-corrected chi connectivity index (χ4v) is 3.13. The summed E-state index contributed by atoms with van der Waals surface area (Å²) in [5, 5.41) is 6.50. The lowest BCUT2D eigenvalue weighted by molar-refractivity contribution is -0.117. The number of ether oxygens (including phenoxy) is 1. The fraction of sp³-hybridized carbons (Fsp3) is 0.143. The molecule has 0 spiro atoms. The van der Waals surface area contributed by atoms with E-state index in [-0.39, 0.29) is 5.69 Å². The second-order valence-electron chi connectivity index (χ2n) is 6.72. The van der Waals surface area contributed by atoms with E-state index in [0.29, 0.717) is 29.0 Å². The molecular weight excluding hydrogens is 408 g/mol. The lowest BCUT2D eigenvalue weighted by Crippen LogP contribution is -2.29. The van der Waals surface area contributed by atoms with Crippen molar-refractivity contribution in [2.75, 3.05) is 12.4 Å². The lowest BCUT2D eigenvalue weighted by Gasteiger charge is -2.05. The van der Waals surface area contributed by atoms with Crippen molar-refractivity contribution < 1.29 is 18.3 Å². The van der Waals surface area contributed by atoms with Crippen LogP contribution in [0.25, 0.3) is 16.9 Å². The summed E-state index contributed by atoms with van der Waals surface area (Å²) >= 11 is 0. The number of anilines is 1. The Bertz CT molecular complexity index is 1350. The molecule has 2 aromatic carbocycles. The minimum Gasteiger partial charge on any atom is -0.497 e. The van der Waals surface area contributed by atoms with Crippen LogP contribution in [-0.4, -0.2) is 32.2 Å². The first-order valence-electron chi connectivity index (χ1n) is 9.22. The number of hydrogen-bond donors (Lipinski definition) is 1. The third kappa shape index (κ3) is 4.00. The molecule has 0 saturated carbocycles. The average Bonchev–Trinajstić information content (AvgIpc) is 3.05. The molecule has 10 heteroatoms. The third-order valence-electron chi connectivity index (χ3n) is 4.62. The molecule has 0 unspecified atom stereocenters. The summed E-state index contributed by atoms with van der Waals surface area (Å²) in [4.78, 5) is 29.4. The molecule has 0 radical (unpaired) electrons. The van der Waals surface area contributed by atoms with Gasteiger partial charge in [0.2, 0.25) is 5.91 Å². The molecule has 1 amide bonds. The van der Waals surface area contributed by atoms with Crippen LogP contribution in [0.1, 0.15) is 5.82 Å². The number of nitrogens with one attached hydrogen (secondary N) is 1. The molecule has 4 rings (SSSR count). The van der Waals surface area contributed by atoms with Crippen LogP contribution >= 0.6 is 0 Å². The fourth-order valence-electron chi connectivity index (χ4n) is 3.13. The zero-order chi connectivity index (χ0) is 22.1. The van der Waals surface area contributed by atoms with Gasteiger partial charge < -0.3 is 10.1 Å². The highest BCUT2D eigenvalue weighted by molar-refractivity contribution is 5.90. The normalized spacial score (nSPS) is 11.0. The van der Waals surface area contributed by atoms with Crippen LogP contribution in [0.3, 0.4) is 0 Å². The molecular formula is C21H17F2N5O3. The SMILES string of the molecule is COc1ccc(-c2cc3nn(CC(=O)Nc4ccc(F)cc4F)c(=O)n3c(C)n2)cc1. The molecule has 0 saturated heterocycles. The van der Waals surface area contributed by atoms with Gasteiger partial charge in [0.05, 0.1) is 18.5 Å². The number of aryl methyl sites for hydroxylation is 1. The number of amides is 1. The Kier molecular flexibility index (Phi) is 5.20. The maximum Gasteiger partial charge on any atom is 0.352 e. The first-order valence-corrected chi connectivity index (χ1v) is 9.22. The number of carbonyl (C=O) groups excluding carboxylic acids is 1. The van der Waals surface area contributed by atoms with Gasteiger partial charge in [0.15, 0.2) is 5.65 Å². The van der Waals surface area contributed by atoms with Gasteiger partial charge in [0.25, 0.3) is 0 Å². The Labute approximate surface area is 174 Å². The van der Waals surface area contributed by atoms with Crippen LogP contribution < -0.4 is 15.7 Å². The zero-order valence-corrected chi connectivity index (χ0v) is 16.6. The quantitative estimate of drug-likeness (QED) is 0.531. The Hall–Kier alpha value is -4.08. The number of carbonyl (C=O) groups is 1. The van der Waals surface area contributed by atoms with Crippen molar-refractivity contribution >= 4 is 17.2 Å². The monoisotopic (exact) mass is 425 g/mol. The average molecular weight is 425 g/mol. The van der Waals surface area contributed by atoms with E-state index in [1.165, 1.54) is 4.40 Å². The number of methoxy groups -OCH3 is 1. The standard InChI is InChI=1S/C21H17F2N5O3/c1-12-24-18(13-3-6-15(31-2)7-4-13)10-19-26-27(21(30)28(12)19)11-20(29)25-17-8-5-14(22)9-16(17)23/h3-10H,11H2,1-2H3,(H,25,29). The van der Waals surface area contributed by atoms with E-state index < -0.39 is 29.8 Å². The summed E-state index contributed by atoms with van der Waals surface area (Å²) in [6.07, 6.45) is 0. The second-order valence-corrected chi connectivity index (χ2v) is 6.72. The molecule has 2 heterocycles. The van der Waals surface area contributed by atoms with Crippen molar-refractivity contribution in [2.45, 2.75) is 13.5 Å². The van der Waals surface area contributed by atoms with E-state index in [1.54, 1.807) is 32.2 Å². The van der Waals surface area contributed by atoms with Crippen molar-refractivity contribution in [2.24, 2.45) is 0 Å². The lowest BCUT2D eigenvalue weighted by atomic mass is 10.1. The van der Waals surface area contributed by atoms with Crippen molar-refractivity contribution in [1.82, 2.24) is 19.2 Å². The molecule has 4 aromatic rings. The summed E-state index contributed by atoms with van der Waals surface area (Å²) in [5.74, 6) is -1.27. The molecule has 0 fully saturated rings. The first kappa shape index (κ1) is 20.2. The van der Waals surface area contributed by atoms with Crippen molar-refractivity contribution in [3.8, 4) is 17.0 Å². The van der Waals surface area contributed by atoms with Gasteiger partial charge in [0.1, 0.15) is 29.8 Å². The van der Waals surface area contributed by atoms with Crippen molar-refractivity contribution in [1.29, 1.82) is 0 Å². The predicted octanol–water partition coefficient (Wildman–Crippen LogP) is 2.79. The van der Waals surface area contributed by atoms with E-state index in [0.717, 1.165) is 22.4 Å². The third-order valence-corrected chi connectivity index (χ3v) is 4.62. The van der Waals surface area contributed by atoms with Crippen LogP contribution in [0.2, 0.25) is 0 Å². The van der Waals surface area contributed by atoms with E-state index >= 15 is 0 Å². The van der Waals surface area contributed by atoms with Crippen LogP contribution in [-0.2, 0) is 11.3 Å². The summed E-state index contributed by atoms with van der Waals surface area (Å²) in [6, 6.07) is 11.6. The molecule has 0 aliphatic rings. The molecule has 158 valence electrons. The molecule has 0 atom stereocenters. The summed E-state index contributed by atoms with van der Waals surface area (Å²) in [7, 11) is 1.57.